The fraction of sp³-hybridized carbons (Fsp3) is 0.375. The first kappa shape index (κ1) is 17.4. The van der Waals surface area contributed by atoms with Crippen LogP contribution in [0, 0.1) is 0 Å². The number of carbonyl (C=O) groups is 1. The number of rotatable bonds is 5. The van der Waals surface area contributed by atoms with Gasteiger partial charge in [-0.1, -0.05) is 0 Å². The Balaban J connectivity index is 1.61. The van der Waals surface area contributed by atoms with Crippen LogP contribution in [0.5, 0.6) is 5.75 Å². The van der Waals surface area contributed by atoms with Crippen LogP contribution in [-0.4, -0.2) is 66.4 Å². The van der Waals surface area contributed by atoms with E-state index in [1.165, 1.54) is 23.5 Å². The van der Waals surface area contributed by atoms with Crippen molar-refractivity contribution in [3.05, 3.63) is 43.0 Å². The number of nitrogens with zero attached hydrogens (tertiary/aromatic N) is 4. The van der Waals surface area contributed by atoms with E-state index in [2.05, 4.69) is 4.98 Å². The van der Waals surface area contributed by atoms with Crippen LogP contribution in [0.25, 0.3) is 0 Å². The molecule has 1 aromatic carbocycles. The van der Waals surface area contributed by atoms with E-state index in [4.69, 9.17) is 4.74 Å². The minimum atomic E-state index is -3.56. The summed E-state index contributed by atoms with van der Waals surface area (Å²) in [5, 5.41) is 0. The topological polar surface area (TPSA) is 84.7 Å². The molecule has 0 N–H and O–H groups in total. The normalized spacial score (nSPS) is 16.0. The zero-order valence-corrected chi connectivity index (χ0v) is 14.7. The molecule has 0 saturated carbocycles. The summed E-state index contributed by atoms with van der Waals surface area (Å²) in [6.07, 6.45) is 4.93. The molecule has 0 radical (unpaired) electrons. The first-order valence-corrected chi connectivity index (χ1v) is 9.32. The second-order valence-electron chi connectivity index (χ2n) is 5.70. The van der Waals surface area contributed by atoms with Gasteiger partial charge in [-0.15, -0.1) is 0 Å². The third kappa shape index (κ3) is 3.83. The third-order valence-electron chi connectivity index (χ3n) is 4.17. The van der Waals surface area contributed by atoms with E-state index in [0.29, 0.717) is 18.8 Å². The highest BCUT2D eigenvalue weighted by Gasteiger charge is 2.30. The van der Waals surface area contributed by atoms with Gasteiger partial charge < -0.3 is 14.2 Å². The van der Waals surface area contributed by atoms with Crippen molar-refractivity contribution in [1.29, 1.82) is 0 Å². The number of piperazine rings is 1. The molecule has 1 aliphatic rings. The van der Waals surface area contributed by atoms with E-state index in [0.717, 1.165) is 0 Å². The molecule has 2 aromatic rings. The Labute approximate surface area is 146 Å². The van der Waals surface area contributed by atoms with Crippen LogP contribution in [0.3, 0.4) is 0 Å². The molecule has 1 aromatic heterocycles. The SMILES string of the molecule is COc1ccc(S(=O)(=O)N2CCN(C(=O)Cn3ccnc3)CC2)cc1. The summed E-state index contributed by atoms with van der Waals surface area (Å²) in [6, 6.07) is 6.31. The molecule has 0 unspecified atom stereocenters. The van der Waals surface area contributed by atoms with Gasteiger partial charge in [0.05, 0.1) is 18.3 Å². The minimum Gasteiger partial charge on any atom is -0.497 e. The van der Waals surface area contributed by atoms with E-state index in [1.807, 2.05) is 0 Å². The average Bonchev–Trinajstić information content (AvgIpc) is 3.15. The molecule has 1 saturated heterocycles. The average molecular weight is 364 g/mol. The van der Waals surface area contributed by atoms with E-state index >= 15 is 0 Å². The van der Waals surface area contributed by atoms with Gasteiger partial charge in [0.25, 0.3) is 0 Å². The lowest BCUT2D eigenvalue weighted by Gasteiger charge is -2.34. The van der Waals surface area contributed by atoms with Crippen LogP contribution < -0.4 is 4.74 Å². The van der Waals surface area contributed by atoms with Gasteiger partial charge in [0.2, 0.25) is 15.9 Å². The van der Waals surface area contributed by atoms with Crippen LogP contribution in [0.15, 0.2) is 47.9 Å². The van der Waals surface area contributed by atoms with Gasteiger partial charge in [-0.2, -0.15) is 4.31 Å². The van der Waals surface area contributed by atoms with Gasteiger partial charge in [0, 0.05) is 38.6 Å². The number of aromatic nitrogens is 2. The first-order valence-electron chi connectivity index (χ1n) is 7.88. The molecule has 25 heavy (non-hydrogen) atoms. The largest absolute Gasteiger partial charge is 0.497 e. The van der Waals surface area contributed by atoms with E-state index in [1.54, 1.807) is 40.3 Å². The lowest BCUT2D eigenvalue weighted by Crippen LogP contribution is -2.51. The zero-order valence-electron chi connectivity index (χ0n) is 13.9. The monoisotopic (exact) mass is 364 g/mol. The lowest BCUT2D eigenvalue weighted by molar-refractivity contribution is -0.133. The molecule has 0 bridgehead atoms. The Morgan fingerprint density at radius 1 is 1.16 bits per heavy atom. The number of sulfonamides is 1. The number of ether oxygens (including phenoxy) is 1. The maximum Gasteiger partial charge on any atom is 0.243 e. The summed E-state index contributed by atoms with van der Waals surface area (Å²) in [6.45, 7) is 1.53. The Hall–Kier alpha value is -2.39. The Kier molecular flexibility index (Phi) is 5.05. The minimum absolute atomic E-state index is 0.0421. The van der Waals surface area contributed by atoms with E-state index in [-0.39, 0.29) is 30.4 Å². The highest BCUT2D eigenvalue weighted by Crippen LogP contribution is 2.20. The summed E-state index contributed by atoms with van der Waals surface area (Å²) in [4.78, 5) is 18.1. The van der Waals surface area contributed by atoms with Crippen molar-refractivity contribution in [2.24, 2.45) is 0 Å². The molecule has 134 valence electrons. The van der Waals surface area contributed by atoms with Crippen LogP contribution in [-0.2, 0) is 21.4 Å². The van der Waals surface area contributed by atoms with Crippen molar-refractivity contribution < 1.29 is 17.9 Å². The lowest BCUT2D eigenvalue weighted by atomic mass is 10.3. The molecule has 8 nitrogen and oxygen atoms in total. The van der Waals surface area contributed by atoms with Gasteiger partial charge in [-0.25, -0.2) is 13.4 Å². The van der Waals surface area contributed by atoms with Crippen LogP contribution in [0.1, 0.15) is 0 Å². The van der Waals surface area contributed by atoms with Crippen molar-refractivity contribution >= 4 is 15.9 Å². The molecule has 0 aliphatic carbocycles. The maximum atomic E-state index is 12.7. The molecule has 3 rings (SSSR count). The van der Waals surface area contributed by atoms with Gasteiger partial charge in [-0.05, 0) is 24.3 Å². The van der Waals surface area contributed by atoms with Crippen molar-refractivity contribution in [3.8, 4) is 5.75 Å². The second kappa shape index (κ2) is 7.24. The fourth-order valence-electron chi connectivity index (χ4n) is 2.71. The number of amides is 1. The Bertz CT molecular complexity index is 810. The predicted molar refractivity (Wildman–Crippen MR) is 90.6 cm³/mol. The smallest absolute Gasteiger partial charge is 0.243 e. The molecule has 1 amide bonds. The molecular formula is C16H20N4O4S. The maximum absolute atomic E-state index is 12.7. The molecule has 0 atom stereocenters. The van der Waals surface area contributed by atoms with Crippen molar-refractivity contribution in [2.45, 2.75) is 11.4 Å². The summed E-state index contributed by atoms with van der Waals surface area (Å²) < 4.78 is 33.5. The summed E-state index contributed by atoms with van der Waals surface area (Å²) in [5.41, 5.74) is 0. The van der Waals surface area contributed by atoms with E-state index < -0.39 is 10.0 Å². The van der Waals surface area contributed by atoms with Gasteiger partial charge in [0.15, 0.2) is 0 Å². The molecular weight excluding hydrogens is 344 g/mol. The van der Waals surface area contributed by atoms with Crippen molar-refractivity contribution in [2.75, 3.05) is 33.3 Å². The highest BCUT2D eigenvalue weighted by molar-refractivity contribution is 7.89. The predicted octanol–water partition coefficient (Wildman–Crippen LogP) is 0.425. The Morgan fingerprint density at radius 2 is 1.84 bits per heavy atom. The summed E-state index contributed by atoms with van der Waals surface area (Å²) in [5.74, 6) is 0.563. The summed E-state index contributed by atoms with van der Waals surface area (Å²) >= 11 is 0. The van der Waals surface area contributed by atoms with Crippen LogP contribution in [0.4, 0.5) is 0 Å². The van der Waals surface area contributed by atoms with Gasteiger partial charge in [-0.3, -0.25) is 4.79 Å². The van der Waals surface area contributed by atoms with Crippen LogP contribution >= 0.6 is 0 Å². The van der Waals surface area contributed by atoms with Crippen LogP contribution in [0.2, 0.25) is 0 Å². The molecule has 9 heteroatoms. The van der Waals surface area contributed by atoms with E-state index in [9.17, 15) is 13.2 Å². The zero-order chi connectivity index (χ0) is 17.9. The number of hydrogen-bond donors (Lipinski definition) is 0. The third-order valence-corrected chi connectivity index (χ3v) is 6.08. The van der Waals surface area contributed by atoms with Crippen molar-refractivity contribution in [3.63, 3.8) is 0 Å². The molecule has 0 spiro atoms. The quantitative estimate of drug-likeness (QED) is 0.768. The number of hydrogen-bond acceptors (Lipinski definition) is 5. The number of methoxy groups -OCH3 is 1. The Morgan fingerprint density at radius 3 is 2.40 bits per heavy atom. The number of carbonyl (C=O) groups excluding carboxylic acids is 1. The van der Waals surface area contributed by atoms with Gasteiger partial charge in [0.1, 0.15) is 12.3 Å². The first-order chi connectivity index (χ1) is 12.0. The van der Waals surface area contributed by atoms with Gasteiger partial charge >= 0.3 is 0 Å². The fourth-order valence-corrected chi connectivity index (χ4v) is 4.13. The summed E-state index contributed by atoms with van der Waals surface area (Å²) in [7, 11) is -2.03. The number of benzene rings is 1. The van der Waals surface area contributed by atoms with Crippen molar-refractivity contribution in [1.82, 2.24) is 18.8 Å². The number of imidazole rings is 1. The second-order valence-corrected chi connectivity index (χ2v) is 7.63. The molecule has 2 heterocycles. The standard InChI is InChI=1S/C16H20N4O4S/c1-24-14-2-4-15(5-3-14)25(22,23)20-10-8-19(9-11-20)16(21)12-18-7-6-17-13-18/h2-7,13H,8-12H2,1H3. The molecule has 1 fully saturated rings. The highest BCUT2D eigenvalue weighted by atomic mass is 32.2. The molecule has 1 aliphatic heterocycles.